The summed E-state index contributed by atoms with van der Waals surface area (Å²) in [7, 11) is 0. The molecule has 0 radical (unpaired) electrons. The van der Waals surface area contributed by atoms with Gasteiger partial charge in [-0.05, 0) is 84.3 Å². The van der Waals surface area contributed by atoms with Crippen LogP contribution in [0, 0.1) is 17.5 Å². The Labute approximate surface area is 281 Å². The Morgan fingerprint density at radius 1 is 0.625 bits per heavy atom. The molecular weight excluding hydrogens is 611 g/mol. The zero-order valence-electron chi connectivity index (χ0n) is 26.1. The summed E-state index contributed by atoms with van der Waals surface area (Å²) in [6.07, 6.45) is 11.4. The molecule has 1 aliphatic rings. The normalized spacial score (nSPS) is 12.6. The summed E-state index contributed by atoms with van der Waals surface area (Å²) < 4.78 is 51.6. The maximum atomic E-state index is 13.2. The quantitative estimate of drug-likeness (QED) is 0.121. The minimum Gasteiger partial charge on any atom is -0.369 e. The molecule has 2 heterocycles. The number of benzene rings is 4. The largest absolute Gasteiger partial charge is 0.369 e. The Morgan fingerprint density at radius 2 is 1.10 bits per heavy atom. The number of aliphatic imine (C=N–C) groups is 1. The van der Waals surface area contributed by atoms with Gasteiger partial charge in [-0.3, -0.25) is 4.99 Å². The van der Waals surface area contributed by atoms with Crippen LogP contribution in [0.3, 0.4) is 0 Å². The van der Waals surface area contributed by atoms with Crippen LogP contribution in [0.25, 0.3) is 0 Å². The van der Waals surface area contributed by atoms with Crippen molar-refractivity contribution in [1.82, 2.24) is 9.97 Å². The van der Waals surface area contributed by atoms with Crippen molar-refractivity contribution in [3.8, 4) is 0 Å². The molecule has 1 aromatic heterocycles. The number of hydrogen-bond donors (Lipinski definition) is 1. The van der Waals surface area contributed by atoms with Gasteiger partial charge in [-0.25, -0.2) is 18.2 Å². The second-order valence-corrected chi connectivity index (χ2v) is 11.1. The van der Waals surface area contributed by atoms with Crippen LogP contribution in [0.15, 0.2) is 132 Å². The first-order valence-electron chi connectivity index (χ1n) is 15.8. The number of halogens is 3. The number of rotatable bonds is 14. The number of nitrogens with one attached hydrogen (secondary N) is 1. The van der Waals surface area contributed by atoms with Gasteiger partial charge in [-0.1, -0.05) is 80.2 Å². The van der Waals surface area contributed by atoms with Crippen molar-refractivity contribution >= 4 is 6.21 Å². The van der Waals surface area contributed by atoms with Crippen LogP contribution < -0.4 is 0 Å². The first-order chi connectivity index (χ1) is 23.0. The molecule has 1 atom stereocenters. The van der Waals surface area contributed by atoms with Crippen LogP contribution in [0.4, 0.5) is 13.2 Å². The van der Waals surface area contributed by atoms with E-state index in [1.54, 1.807) is 42.7 Å². The highest BCUT2D eigenvalue weighted by molar-refractivity contribution is 5.64. The molecule has 1 N–H and O–H groups in total. The molecule has 0 amide bonds. The van der Waals surface area contributed by atoms with Crippen LogP contribution in [0.5, 0.6) is 0 Å². The summed E-state index contributed by atoms with van der Waals surface area (Å²) in [5.74, 6) is -0.815. The number of aryl methyl sites for hydroxylation is 1. The van der Waals surface area contributed by atoms with E-state index in [1.165, 1.54) is 36.4 Å². The van der Waals surface area contributed by atoms with Crippen molar-refractivity contribution in [2.45, 2.75) is 51.7 Å². The Bertz CT molecular complexity index is 1630. The number of ether oxygens (including phenoxy) is 2. The highest BCUT2D eigenvalue weighted by atomic mass is 19.1. The third-order valence-electron chi connectivity index (χ3n) is 7.63. The second-order valence-electron chi connectivity index (χ2n) is 11.1. The van der Waals surface area contributed by atoms with Crippen LogP contribution >= 0.6 is 0 Å². The van der Waals surface area contributed by atoms with E-state index in [1.807, 2.05) is 42.7 Å². The van der Waals surface area contributed by atoms with E-state index in [9.17, 15) is 13.2 Å². The summed E-state index contributed by atoms with van der Waals surface area (Å²) in [5.41, 5.74) is 5.92. The van der Waals surface area contributed by atoms with Gasteiger partial charge in [0.05, 0.1) is 6.33 Å². The van der Waals surface area contributed by atoms with E-state index in [2.05, 4.69) is 21.0 Å². The van der Waals surface area contributed by atoms with Crippen molar-refractivity contribution in [1.29, 1.82) is 0 Å². The predicted molar refractivity (Wildman–Crippen MR) is 185 cm³/mol. The van der Waals surface area contributed by atoms with Gasteiger partial charge in [0, 0.05) is 43.4 Å². The number of imidazole rings is 1. The van der Waals surface area contributed by atoms with Gasteiger partial charge in [0.25, 0.3) is 0 Å². The van der Waals surface area contributed by atoms with Crippen molar-refractivity contribution in [3.05, 3.63) is 173 Å². The van der Waals surface area contributed by atoms with Crippen molar-refractivity contribution < 1.29 is 22.6 Å². The van der Waals surface area contributed by atoms with Gasteiger partial charge in [-0.15, -0.1) is 0 Å². The fourth-order valence-electron chi connectivity index (χ4n) is 5.23. The average Bonchev–Trinajstić information content (AvgIpc) is 3.83. The minimum atomic E-state index is -0.341. The molecule has 0 saturated heterocycles. The molecule has 0 fully saturated rings. The molecule has 6 rings (SSSR count). The van der Waals surface area contributed by atoms with Crippen molar-refractivity contribution in [3.63, 3.8) is 0 Å². The Morgan fingerprint density at radius 3 is 1.54 bits per heavy atom. The molecule has 5 aromatic rings. The highest BCUT2D eigenvalue weighted by Gasteiger charge is 2.16. The van der Waals surface area contributed by atoms with E-state index in [4.69, 9.17) is 9.47 Å². The highest BCUT2D eigenvalue weighted by Crippen LogP contribution is 2.28. The monoisotopic (exact) mass is 653 g/mol. The molecule has 250 valence electrons. The number of H-pyrrole nitrogens is 1. The van der Waals surface area contributed by atoms with Gasteiger partial charge < -0.3 is 14.5 Å². The van der Waals surface area contributed by atoms with Gasteiger partial charge >= 0.3 is 0 Å². The van der Waals surface area contributed by atoms with Crippen LogP contribution in [0.2, 0.25) is 0 Å². The lowest BCUT2D eigenvalue weighted by Crippen LogP contribution is -2.08. The molecule has 5 nitrogen and oxygen atoms in total. The van der Waals surface area contributed by atoms with Crippen LogP contribution in [-0.2, 0) is 15.9 Å². The molecule has 48 heavy (non-hydrogen) atoms. The molecule has 8 heteroatoms. The van der Waals surface area contributed by atoms with Gasteiger partial charge in [0.1, 0.15) is 29.7 Å². The van der Waals surface area contributed by atoms with Gasteiger partial charge in [0.15, 0.2) is 0 Å². The number of aromatic nitrogens is 2. The summed E-state index contributed by atoms with van der Waals surface area (Å²) in [6.45, 7) is 1.17. The fraction of sp³-hybridized carbons (Fsp3) is 0.250. The maximum Gasteiger partial charge on any atom is 0.123 e. The van der Waals surface area contributed by atoms with Crippen LogP contribution in [-0.4, -0.2) is 29.4 Å². The second kappa shape index (κ2) is 19.1. The van der Waals surface area contributed by atoms with E-state index < -0.39 is 0 Å². The molecule has 0 aliphatic carbocycles. The third-order valence-corrected chi connectivity index (χ3v) is 7.63. The SMILES string of the molecule is C.Fc1ccc(C(OCCCC2=CCC=N2)c2ccc(F)cc2)cc1.Fc1ccc(C(OCCCc2cnc[nH]2)c2ccccc2)cc1. The number of allylic oxidation sites excluding steroid dienone is 2. The van der Waals surface area contributed by atoms with E-state index in [0.29, 0.717) is 13.2 Å². The summed E-state index contributed by atoms with van der Waals surface area (Å²) >= 11 is 0. The van der Waals surface area contributed by atoms with Gasteiger partial charge in [0.2, 0.25) is 0 Å². The predicted octanol–water partition coefficient (Wildman–Crippen LogP) is 10.1. The first-order valence-corrected chi connectivity index (χ1v) is 15.8. The Hall–Kier alpha value is -4.79. The average molecular weight is 654 g/mol. The molecule has 0 saturated carbocycles. The van der Waals surface area contributed by atoms with E-state index >= 15 is 0 Å². The van der Waals surface area contributed by atoms with E-state index in [0.717, 1.165) is 65.7 Å². The minimum absolute atomic E-state index is 0. The Balaban J connectivity index is 0.000000212. The van der Waals surface area contributed by atoms with Gasteiger partial charge in [-0.2, -0.15) is 0 Å². The molecule has 1 unspecified atom stereocenters. The van der Waals surface area contributed by atoms with E-state index in [-0.39, 0.29) is 37.1 Å². The fourth-order valence-corrected chi connectivity index (χ4v) is 5.23. The van der Waals surface area contributed by atoms with Crippen molar-refractivity contribution in [2.75, 3.05) is 13.2 Å². The standard InChI is InChI=1S/C20H19F2NO.C19H19FN2O.CH4/c21-17-9-5-15(6-10-17)20(16-7-11-18(22)12-8-16)24-14-2-4-19-3-1-13-23-19;20-17-10-8-16(9-11-17)19(15-5-2-1-3-6-15)23-12-4-7-18-13-21-14-22-18;/h3,5-13,20H,1-2,4,14H2;1-3,5-6,8-11,13-14,19H,4,7,12H2,(H,21,22);1H4. The number of hydrogen-bond acceptors (Lipinski definition) is 4. The zero-order valence-corrected chi connectivity index (χ0v) is 26.1. The summed E-state index contributed by atoms with van der Waals surface area (Å²) in [6, 6.07) is 29.0. The smallest absolute Gasteiger partial charge is 0.123 e. The lowest BCUT2D eigenvalue weighted by atomic mass is 10.0. The molecule has 1 aliphatic heterocycles. The lowest BCUT2D eigenvalue weighted by molar-refractivity contribution is 0.0781. The Kier molecular flexibility index (Phi) is 14.4. The number of aromatic amines is 1. The molecular formula is C40H42F3N3O2. The third kappa shape index (κ3) is 11.2. The lowest BCUT2D eigenvalue weighted by Gasteiger charge is -2.19. The maximum absolute atomic E-state index is 13.2. The first kappa shape index (κ1) is 36.1. The van der Waals surface area contributed by atoms with Crippen molar-refractivity contribution in [2.24, 2.45) is 4.99 Å². The zero-order chi connectivity index (χ0) is 32.7. The molecule has 0 bridgehead atoms. The number of nitrogens with zero attached hydrogens (tertiary/aromatic N) is 2. The molecule has 0 spiro atoms. The van der Waals surface area contributed by atoms with Crippen LogP contribution in [0.1, 0.15) is 73.3 Å². The topological polar surface area (TPSA) is 59.5 Å². The summed E-state index contributed by atoms with van der Waals surface area (Å²) in [4.78, 5) is 11.4. The summed E-state index contributed by atoms with van der Waals surface area (Å²) in [5, 5.41) is 0. The molecule has 4 aromatic carbocycles.